The zero-order valence-electron chi connectivity index (χ0n) is 27.9. The number of benzene rings is 2. The fraction of sp³-hybridized carbons (Fsp3) is 0.474. The number of halogens is 2. The van der Waals surface area contributed by atoms with Gasteiger partial charge in [-0.25, -0.2) is 8.78 Å². The number of hydrogen-bond donors (Lipinski definition) is 2. The Morgan fingerprint density at radius 1 is 1.10 bits per heavy atom. The van der Waals surface area contributed by atoms with Crippen LogP contribution in [-0.4, -0.2) is 88.9 Å². The topological polar surface area (TPSA) is 113 Å². The smallest absolute Gasteiger partial charge is 0.319 e. The summed E-state index contributed by atoms with van der Waals surface area (Å²) in [6.07, 6.45) is 14.6. The second-order valence-electron chi connectivity index (χ2n) is 14.1. The van der Waals surface area contributed by atoms with Crippen molar-refractivity contribution in [2.45, 2.75) is 63.5 Å². The molecule has 0 unspecified atom stereocenters. The van der Waals surface area contributed by atoms with Crippen molar-refractivity contribution in [1.82, 2.24) is 25.2 Å². The van der Waals surface area contributed by atoms with Crippen molar-refractivity contribution in [3.8, 4) is 35.4 Å². The molecule has 4 aromatic rings. The summed E-state index contributed by atoms with van der Waals surface area (Å²) in [6.45, 7) is 4.52. The Balaban J connectivity index is 1.19. The number of fused-ring (bicyclic) bond motifs is 3. The van der Waals surface area contributed by atoms with Gasteiger partial charge in [-0.2, -0.15) is 9.97 Å². The number of likely N-dealkylation sites (tertiary alicyclic amines) is 1. The van der Waals surface area contributed by atoms with Crippen molar-refractivity contribution >= 4 is 33.4 Å². The number of carbonyl (C=O) groups excluding carboxylic acids is 1. The zero-order valence-corrected chi connectivity index (χ0v) is 27.9. The minimum Gasteiger partial charge on any atom is -0.508 e. The lowest BCUT2D eigenvalue weighted by molar-refractivity contribution is -0.119. The maximum Gasteiger partial charge on any atom is 0.319 e. The lowest BCUT2D eigenvalue weighted by Crippen LogP contribution is -2.54. The van der Waals surface area contributed by atoms with Crippen LogP contribution in [0.5, 0.6) is 11.8 Å². The summed E-state index contributed by atoms with van der Waals surface area (Å²) < 4.78 is 44.0. The highest BCUT2D eigenvalue weighted by atomic mass is 19.1. The normalized spacial score (nSPS) is 24.3. The molecule has 10 nitrogen and oxygen atoms in total. The first-order valence-corrected chi connectivity index (χ1v) is 17.6. The van der Waals surface area contributed by atoms with Crippen molar-refractivity contribution in [3.63, 3.8) is 0 Å². The number of aromatic nitrogens is 3. The lowest BCUT2D eigenvalue weighted by Gasteiger charge is -2.46. The number of nitrogens with zero attached hydrogens (tertiary/aromatic N) is 5. The summed E-state index contributed by atoms with van der Waals surface area (Å²) in [6, 6.07) is 6.08. The van der Waals surface area contributed by atoms with Gasteiger partial charge in [-0.3, -0.25) is 14.7 Å². The molecule has 3 saturated heterocycles. The summed E-state index contributed by atoms with van der Waals surface area (Å²) in [5.74, 6) is 1.51. The standard InChI is InChI=1S/C38H40F2N6O4/c1-2-26-29(39)9-7-23-18-25(47)19-27(32(23)26)34-33(40)35-28(20-41-34)36(45-14-5-16-49-17-15-45)44-37(43-35)50-22-38-11-3-6-30(38)46(13-4-12-38)21-24-8-10-31(48)42-24/h1,7,9,18-20,24,30,47H,3-6,8,10-17,21-22H2,(H,42,48)/t24-,30+,38+/m0/s1. The van der Waals surface area contributed by atoms with E-state index < -0.39 is 11.6 Å². The van der Waals surface area contributed by atoms with E-state index in [0.29, 0.717) is 62.0 Å². The fourth-order valence-corrected chi connectivity index (χ4v) is 8.76. The van der Waals surface area contributed by atoms with E-state index in [1.807, 2.05) is 0 Å². The van der Waals surface area contributed by atoms with Gasteiger partial charge in [0, 0.05) is 67.3 Å². The molecule has 3 aliphatic heterocycles. The van der Waals surface area contributed by atoms with Gasteiger partial charge in [0.2, 0.25) is 5.91 Å². The number of aromatic hydroxyl groups is 1. The van der Waals surface area contributed by atoms with Crippen LogP contribution in [0.15, 0.2) is 30.5 Å². The highest BCUT2D eigenvalue weighted by Gasteiger charge is 2.49. The van der Waals surface area contributed by atoms with E-state index in [1.165, 1.54) is 30.5 Å². The SMILES string of the molecule is C#Cc1c(F)ccc2cc(O)cc(-c3ncc4c(N5CCCOCC5)nc(OC[C@]56CCC[C@H]5N(C[C@@H]5CCC(=O)N5)CCC6)nc4c3F)c12. The highest BCUT2D eigenvalue weighted by molar-refractivity contribution is 6.03. The number of anilines is 1. The molecule has 0 radical (unpaired) electrons. The van der Waals surface area contributed by atoms with Gasteiger partial charge in [-0.15, -0.1) is 6.42 Å². The molecule has 0 spiro atoms. The number of ether oxygens (including phenoxy) is 2. The summed E-state index contributed by atoms with van der Waals surface area (Å²) in [7, 11) is 0. The third-order valence-corrected chi connectivity index (χ3v) is 11.1. The van der Waals surface area contributed by atoms with Crippen LogP contribution in [-0.2, 0) is 9.53 Å². The van der Waals surface area contributed by atoms with E-state index in [9.17, 15) is 14.3 Å². The maximum absolute atomic E-state index is 16.9. The molecule has 12 heteroatoms. The van der Waals surface area contributed by atoms with E-state index in [4.69, 9.17) is 20.9 Å². The number of amides is 1. The minimum absolute atomic E-state index is 0.0121. The van der Waals surface area contributed by atoms with Crippen LogP contribution < -0.4 is 15.0 Å². The molecule has 0 bridgehead atoms. The summed E-state index contributed by atoms with van der Waals surface area (Å²) in [5, 5.41) is 14.9. The number of carbonyl (C=O) groups is 1. The van der Waals surface area contributed by atoms with Crippen molar-refractivity contribution in [2.75, 3.05) is 50.9 Å². The Kier molecular flexibility index (Phi) is 8.65. The number of piperidine rings is 1. The van der Waals surface area contributed by atoms with Crippen LogP contribution >= 0.6 is 0 Å². The second-order valence-corrected chi connectivity index (χ2v) is 14.1. The van der Waals surface area contributed by atoms with Crippen molar-refractivity contribution in [1.29, 1.82) is 0 Å². The molecule has 260 valence electrons. The molecule has 50 heavy (non-hydrogen) atoms. The van der Waals surface area contributed by atoms with E-state index in [1.54, 1.807) is 0 Å². The van der Waals surface area contributed by atoms with Crippen molar-refractivity contribution in [2.24, 2.45) is 5.41 Å². The first-order valence-electron chi connectivity index (χ1n) is 17.6. The minimum atomic E-state index is -0.749. The largest absolute Gasteiger partial charge is 0.508 e. The van der Waals surface area contributed by atoms with E-state index in [-0.39, 0.29) is 56.8 Å². The van der Waals surface area contributed by atoms with Crippen LogP contribution in [0.4, 0.5) is 14.6 Å². The van der Waals surface area contributed by atoms with Gasteiger partial charge in [0.05, 0.1) is 24.2 Å². The highest BCUT2D eigenvalue weighted by Crippen LogP contribution is 2.48. The Bertz CT molecular complexity index is 2010. The number of terminal acetylenes is 1. The predicted octanol–water partition coefficient (Wildman–Crippen LogP) is 5.33. The molecule has 5 heterocycles. The number of nitrogens with one attached hydrogen (secondary N) is 1. The van der Waals surface area contributed by atoms with Gasteiger partial charge in [-0.1, -0.05) is 18.4 Å². The van der Waals surface area contributed by atoms with Gasteiger partial charge < -0.3 is 24.8 Å². The van der Waals surface area contributed by atoms with Crippen LogP contribution in [0, 0.1) is 29.4 Å². The average Bonchev–Trinajstić information content (AvgIpc) is 3.64. The molecular formula is C38H40F2N6O4. The maximum atomic E-state index is 16.9. The summed E-state index contributed by atoms with van der Waals surface area (Å²) in [4.78, 5) is 30.5. The molecule has 1 amide bonds. The van der Waals surface area contributed by atoms with Gasteiger partial charge in [0.15, 0.2) is 5.82 Å². The van der Waals surface area contributed by atoms with Crippen molar-refractivity contribution in [3.05, 3.63) is 47.7 Å². The zero-order chi connectivity index (χ0) is 34.4. The molecule has 1 aliphatic carbocycles. The Morgan fingerprint density at radius 3 is 2.82 bits per heavy atom. The van der Waals surface area contributed by atoms with Gasteiger partial charge in [0.1, 0.15) is 28.6 Å². The number of pyridine rings is 1. The lowest BCUT2D eigenvalue weighted by atomic mass is 9.75. The van der Waals surface area contributed by atoms with Crippen LogP contribution in [0.3, 0.4) is 0 Å². The summed E-state index contributed by atoms with van der Waals surface area (Å²) >= 11 is 0. The summed E-state index contributed by atoms with van der Waals surface area (Å²) in [5.41, 5.74) is -0.0951. The fourth-order valence-electron chi connectivity index (χ4n) is 8.76. The van der Waals surface area contributed by atoms with Crippen LogP contribution in [0.25, 0.3) is 32.9 Å². The first-order chi connectivity index (χ1) is 24.3. The molecular weight excluding hydrogens is 642 g/mol. The Hall–Kier alpha value is -4.60. The van der Waals surface area contributed by atoms with Crippen LogP contribution in [0.1, 0.15) is 56.9 Å². The van der Waals surface area contributed by atoms with Crippen LogP contribution in [0.2, 0.25) is 0 Å². The monoisotopic (exact) mass is 682 g/mol. The molecule has 2 N–H and O–H groups in total. The molecule has 4 aliphatic rings. The van der Waals surface area contributed by atoms with E-state index >= 15 is 4.39 Å². The van der Waals surface area contributed by atoms with Crippen molar-refractivity contribution < 1.29 is 28.2 Å². The number of hydrogen-bond acceptors (Lipinski definition) is 9. The molecule has 3 atom stereocenters. The second kappa shape index (κ2) is 13.3. The van der Waals surface area contributed by atoms with Gasteiger partial charge in [0.25, 0.3) is 0 Å². The Morgan fingerprint density at radius 2 is 1.98 bits per heavy atom. The number of phenols is 1. The molecule has 2 aromatic carbocycles. The average molecular weight is 683 g/mol. The molecule has 4 fully saturated rings. The van der Waals surface area contributed by atoms with E-state index in [2.05, 4.69) is 31.0 Å². The quantitative estimate of drug-likeness (QED) is 0.250. The van der Waals surface area contributed by atoms with E-state index in [0.717, 1.165) is 58.0 Å². The third-order valence-electron chi connectivity index (χ3n) is 11.1. The third kappa shape index (κ3) is 5.86. The number of rotatable bonds is 7. The molecule has 1 saturated carbocycles. The van der Waals surface area contributed by atoms with Gasteiger partial charge >= 0.3 is 6.01 Å². The first kappa shape index (κ1) is 32.6. The Labute approximate surface area is 289 Å². The van der Waals surface area contributed by atoms with Gasteiger partial charge in [-0.05, 0) is 68.7 Å². The number of phenolic OH excluding ortho intramolecular Hbond substituents is 1. The predicted molar refractivity (Wildman–Crippen MR) is 185 cm³/mol. The molecule has 2 aromatic heterocycles. The molecule has 8 rings (SSSR count).